The molecule has 1 N–H and O–H groups in total. The number of rotatable bonds is 4. The summed E-state index contributed by atoms with van der Waals surface area (Å²) < 4.78 is 21.5. The van der Waals surface area contributed by atoms with Gasteiger partial charge in [-0.05, 0) is 36.8 Å². The number of amides is 1. The molecule has 1 aliphatic rings. The van der Waals surface area contributed by atoms with Crippen molar-refractivity contribution in [3.8, 4) is 5.69 Å². The van der Waals surface area contributed by atoms with Crippen LogP contribution in [0.25, 0.3) is 5.69 Å². The number of carbonyl (C=O) groups is 1. The lowest BCUT2D eigenvalue weighted by atomic mass is 10.2. The van der Waals surface area contributed by atoms with Crippen LogP contribution in [0, 0.1) is 12.7 Å². The van der Waals surface area contributed by atoms with E-state index in [1.165, 1.54) is 12.3 Å². The van der Waals surface area contributed by atoms with Gasteiger partial charge >= 0.3 is 0 Å². The van der Waals surface area contributed by atoms with Gasteiger partial charge in [-0.2, -0.15) is 0 Å². The van der Waals surface area contributed by atoms with Crippen LogP contribution in [0.15, 0.2) is 58.4 Å². The van der Waals surface area contributed by atoms with Gasteiger partial charge in [0.15, 0.2) is 11.7 Å². The molecule has 1 aliphatic heterocycles. The molecule has 2 aromatic heterocycles. The van der Waals surface area contributed by atoms with E-state index in [0.717, 1.165) is 17.3 Å². The summed E-state index contributed by atoms with van der Waals surface area (Å²) in [5, 5.41) is 3.29. The number of piperazine rings is 1. The van der Waals surface area contributed by atoms with Gasteiger partial charge in [-0.15, -0.1) is 24.0 Å². The highest BCUT2D eigenvalue weighted by atomic mass is 127. The minimum atomic E-state index is -0.305. The lowest BCUT2D eigenvalue weighted by Gasteiger charge is -2.36. The fourth-order valence-electron chi connectivity index (χ4n) is 3.68. The van der Waals surface area contributed by atoms with Crippen LogP contribution in [-0.2, 0) is 6.54 Å². The molecule has 8 nitrogen and oxygen atoms in total. The third-order valence-electron chi connectivity index (χ3n) is 5.36. The summed E-state index contributed by atoms with van der Waals surface area (Å²) in [7, 11) is 1.72. The minimum Gasteiger partial charge on any atom is -0.459 e. The summed E-state index contributed by atoms with van der Waals surface area (Å²) >= 11 is 0. The second-order valence-corrected chi connectivity index (χ2v) is 7.29. The molecular formula is C22H26FIN6O2. The average Bonchev–Trinajstić information content (AvgIpc) is 3.46. The smallest absolute Gasteiger partial charge is 0.289 e. The maximum absolute atomic E-state index is 14.6. The number of guanidine groups is 1. The highest BCUT2D eigenvalue weighted by molar-refractivity contribution is 14.0. The van der Waals surface area contributed by atoms with Gasteiger partial charge in [0.1, 0.15) is 11.6 Å². The molecule has 0 spiro atoms. The summed E-state index contributed by atoms with van der Waals surface area (Å²) in [4.78, 5) is 24.8. The van der Waals surface area contributed by atoms with E-state index >= 15 is 0 Å². The van der Waals surface area contributed by atoms with Gasteiger partial charge in [0.25, 0.3) is 5.91 Å². The number of benzene rings is 1. The van der Waals surface area contributed by atoms with Gasteiger partial charge in [-0.1, -0.05) is 6.07 Å². The van der Waals surface area contributed by atoms with Crippen LogP contribution in [0.1, 0.15) is 21.9 Å². The molecule has 1 saturated heterocycles. The van der Waals surface area contributed by atoms with Gasteiger partial charge in [-0.25, -0.2) is 9.37 Å². The Morgan fingerprint density at radius 1 is 1.22 bits per heavy atom. The van der Waals surface area contributed by atoms with Crippen molar-refractivity contribution in [3.63, 3.8) is 0 Å². The first-order valence-corrected chi connectivity index (χ1v) is 10.1. The molecule has 0 bridgehead atoms. The van der Waals surface area contributed by atoms with Crippen molar-refractivity contribution < 1.29 is 13.6 Å². The molecule has 170 valence electrons. The highest BCUT2D eigenvalue weighted by Gasteiger charge is 2.25. The first-order chi connectivity index (χ1) is 15.1. The minimum absolute atomic E-state index is 0. The molecule has 10 heteroatoms. The van der Waals surface area contributed by atoms with Crippen molar-refractivity contribution >= 4 is 35.8 Å². The lowest BCUT2D eigenvalue weighted by Crippen LogP contribution is -2.53. The van der Waals surface area contributed by atoms with Crippen LogP contribution in [0.2, 0.25) is 0 Å². The molecule has 1 amide bonds. The maximum Gasteiger partial charge on any atom is 0.289 e. The van der Waals surface area contributed by atoms with Gasteiger partial charge in [0.2, 0.25) is 0 Å². The molecule has 0 atom stereocenters. The molecule has 3 aromatic rings. The van der Waals surface area contributed by atoms with Gasteiger partial charge in [0, 0.05) is 52.2 Å². The molecule has 0 aliphatic carbocycles. The van der Waals surface area contributed by atoms with Crippen LogP contribution in [-0.4, -0.2) is 64.4 Å². The number of aromatic nitrogens is 2. The van der Waals surface area contributed by atoms with Gasteiger partial charge < -0.3 is 24.1 Å². The van der Waals surface area contributed by atoms with Gasteiger partial charge in [0.05, 0.1) is 12.0 Å². The van der Waals surface area contributed by atoms with E-state index in [2.05, 4.69) is 20.2 Å². The molecule has 0 saturated carbocycles. The predicted octanol–water partition coefficient (Wildman–Crippen LogP) is 3.06. The molecule has 0 radical (unpaired) electrons. The molecule has 1 fully saturated rings. The second-order valence-electron chi connectivity index (χ2n) is 7.29. The van der Waals surface area contributed by atoms with Crippen molar-refractivity contribution in [3.05, 3.63) is 72.0 Å². The van der Waals surface area contributed by atoms with E-state index in [9.17, 15) is 9.18 Å². The molecule has 0 unspecified atom stereocenters. The van der Waals surface area contributed by atoms with Crippen LogP contribution in [0.5, 0.6) is 0 Å². The number of imidazole rings is 1. The molecule has 3 heterocycles. The number of carbonyl (C=O) groups excluding carboxylic acids is 1. The fraction of sp³-hybridized carbons (Fsp3) is 0.318. The summed E-state index contributed by atoms with van der Waals surface area (Å²) in [5.41, 5.74) is 1.28. The van der Waals surface area contributed by atoms with Crippen LogP contribution < -0.4 is 5.32 Å². The lowest BCUT2D eigenvalue weighted by molar-refractivity contribution is 0.0657. The molecular weight excluding hydrogens is 526 g/mol. The highest BCUT2D eigenvalue weighted by Crippen LogP contribution is 2.17. The van der Waals surface area contributed by atoms with Gasteiger partial charge in [-0.3, -0.25) is 9.79 Å². The predicted molar refractivity (Wildman–Crippen MR) is 130 cm³/mol. The van der Waals surface area contributed by atoms with Crippen molar-refractivity contribution in [2.75, 3.05) is 33.2 Å². The van der Waals surface area contributed by atoms with Crippen LogP contribution in [0.4, 0.5) is 4.39 Å². The topological polar surface area (TPSA) is 78.9 Å². The monoisotopic (exact) mass is 552 g/mol. The Labute approximate surface area is 203 Å². The van der Waals surface area contributed by atoms with Crippen LogP contribution in [0.3, 0.4) is 0 Å². The van der Waals surface area contributed by atoms with E-state index in [-0.39, 0.29) is 35.7 Å². The number of nitrogens with one attached hydrogen (secondary N) is 1. The summed E-state index contributed by atoms with van der Waals surface area (Å²) in [6, 6.07) is 8.55. The number of aryl methyl sites for hydroxylation is 1. The Hall–Kier alpha value is -2.89. The Bertz CT molecular complexity index is 1070. The number of furan rings is 1. The zero-order valence-corrected chi connectivity index (χ0v) is 20.3. The largest absolute Gasteiger partial charge is 0.459 e. The number of hydrogen-bond donors (Lipinski definition) is 1. The SMILES string of the molecule is CN=C(NCc1ccc(-n2ccnc2C)c(F)c1)N1CCN(C(=O)c2ccco2)CC1.I. The summed E-state index contributed by atoms with van der Waals surface area (Å²) in [5.74, 6) is 1.40. The number of hydrogen-bond acceptors (Lipinski definition) is 4. The van der Waals surface area contributed by atoms with Crippen molar-refractivity contribution in [2.24, 2.45) is 4.99 Å². The maximum atomic E-state index is 14.6. The van der Waals surface area contributed by atoms with Crippen LogP contribution >= 0.6 is 24.0 Å². The van der Waals surface area contributed by atoms with E-state index in [1.54, 1.807) is 47.1 Å². The molecule has 4 rings (SSSR count). The zero-order chi connectivity index (χ0) is 21.8. The normalized spacial score (nSPS) is 14.3. The summed E-state index contributed by atoms with van der Waals surface area (Å²) in [6.45, 7) is 4.74. The Morgan fingerprint density at radius 2 is 1.97 bits per heavy atom. The Balaban J connectivity index is 0.00000289. The second kappa shape index (κ2) is 10.6. The Morgan fingerprint density at radius 3 is 2.56 bits per heavy atom. The standard InChI is InChI=1S/C22H25FN6O2.HI/c1-16-25-7-8-29(16)19-6-5-17(14-18(19)23)15-26-22(24-2)28-11-9-27(10-12-28)21(30)20-4-3-13-31-20;/h3-8,13-14H,9-12,15H2,1-2H3,(H,24,26);1H. The number of nitrogens with zero attached hydrogens (tertiary/aromatic N) is 5. The van der Waals surface area contributed by atoms with Crippen molar-refractivity contribution in [1.29, 1.82) is 0 Å². The first-order valence-electron chi connectivity index (χ1n) is 10.1. The van der Waals surface area contributed by atoms with Crippen molar-refractivity contribution in [1.82, 2.24) is 24.7 Å². The zero-order valence-electron chi connectivity index (χ0n) is 18.0. The summed E-state index contributed by atoms with van der Waals surface area (Å²) in [6.07, 6.45) is 4.89. The third-order valence-corrected chi connectivity index (χ3v) is 5.36. The molecule has 32 heavy (non-hydrogen) atoms. The van der Waals surface area contributed by atoms with Crippen molar-refractivity contribution in [2.45, 2.75) is 13.5 Å². The number of halogens is 2. The van der Waals surface area contributed by atoms with E-state index in [4.69, 9.17) is 4.42 Å². The third kappa shape index (κ3) is 5.12. The van der Waals surface area contributed by atoms with E-state index in [0.29, 0.717) is 44.2 Å². The molecule has 1 aromatic carbocycles. The van der Waals surface area contributed by atoms with E-state index < -0.39 is 0 Å². The quantitative estimate of drug-likeness (QED) is 0.306. The first kappa shape index (κ1) is 23.8. The average molecular weight is 552 g/mol. The van der Waals surface area contributed by atoms with E-state index in [1.807, 2.05) is 13.0 Å². The number of aliphatic imine (C=N–C) groups is 1. The Kier molecular flexibility index (Phi) is 7.89. The fourth-order valence-corrected chi connectivity index (χ4v) is 3.68.